The first kappa shape index (κ1) is 29.0. The Morgan fingerprint density at radius 2 is 1.57 bits per heavy atom. The van der Waals surface area contributed by atoms with E-state index in [-0.39, 0.29) is 40.1 Å². The lowest BCUT2D eigenvalue weighted by atomic mass is 9.95. The van der Waals surface area contributed by atoms with Crippen molar-refractivity contribution in [1.29, 1.82) is 0 Å². The van der Waals surface area contributed by atoms with Crippen molar-refractivity contribution in [2.75, 3.05) is 30.9 Å². The van der Waals surface area contributed by atoms with Crippen LogP contribution >= 0.6 is 0 Å². The number of hydrogen-bond donors (Lipinski definition) is 4. The summed E-state index contributed by atoms with van der Waals surface area (Å²) < 4.78 is 61.0. The van der Waals surface area contributed by atoms with E-state index < -0.39 is 27.6 Å². The average molecular weight is 573 g/mol. The van der Waals surface area contributed by atoms with Gasteiger partial charge in [-0.15, -0.1) is 0 Å². The molecule has 9 nitrogen and oxygen atoms in total. The first-order chi connectivity index (χ1) is 19.2. The maximum Gasteiger partial charge on any atom is 0.262 e. The van der Waals surface area contributed by atoms with E-state index in [0.29, 0.717) is 12.5 Å². The fourth-order valence-electron chi connectivity index (χ4n) is 4.20. The lowest BCUT2D eigenvalue weighted by Gasteiger charge is -2.22. The van der Waals surface area contributed by atoms with Gasteiger partial charge >= 0.3 is 0 Å². The number of benzene rings is 3. The zero-order valence-electron chi connectivity index (χ0n) is 21.6. The van der Waals surface area contributed by atoms with Crippen LogP contribution in [-0.2, 0) is 14.8 Å². The van der Waals surface area contributed by atoms with Crippen LogP contribution < -0.4 is 25.4 Å². The van der Waals surface area contributed by atoms with Crippen LogP contribution in [0.1, 0.15) is 29.6 Å². The molecule has 1 fully saturated rings. The van der Waals surface area contributed by atoms with Crippen LogP contribution in [0.2, 0.25) is 0 Å². The van der Waals surface area contributed by atoms with E-state index in [1.165, 1.54) is 54.6 Å². The quantitative estimate of drug-likeness (QED) is 0.277. The predicted octanol–water partition coefficient (Wildman–Crippen LogP) is 3.79. The number of ether oxygens (including phenoxy) is 1. The molecule has 0 radical (unpaired) electrons. The Hall–Kier alpha value is -4.03. The number of carbonyl (C=O) groups excluding carboxylic acids is 2. The average Bonchev–Trinajstić information content (AvgIpc) is 2.95. The number of carbonyl (C=O) groups is 2. The summed E-state index contributed by atoms with van der Waals surface area (Å²) in [7, 11) is -4.20. The molecule has 0 bridgehead atoms. The maximum absolute atomic E-state index is 13.9. The van der Waals surface area contributed by atoms with Crippen molar-refractivity contribution >= 4 is 27.5 Å². The standard InChI is InChI=1S/C28H30F2N4O5S/c29-21-3-6-23(7-4-21)39-26-10-5-22(30)17-25(26)34-40(37,38)24-8-1-20(2-9-24)28(36)33-18-27(35)32-16-13-19-11-14-31-15-12-19/h1-10,17,19,31,34H,11-16,18H2,(H,32,35)(H,33,36). The van der Waals surface area contributed by atoms with Crippen LogP contribution in [-0.4, -0.2) is 46.4 Å². The maximum atomic E-state index is 13.9. The summed E-state index contributed by atoms with van der Waals surface area (Å²) in [5, 5.41) is 8.62. The Bertz CT molecular complexity index is 1430. The van der Waals surface area contributed by atoms with E-state index in [0.717, 1.165) is 44.5 Å². The van der Waals surface area contributed by atoms with Gasteiger partial charge in [0.25, 0.3) is 15.9 Å². The third-order valence-electron chi connectivity index (χ3n) is 6.40. The molecule has 1 heterocycles. The second-order valence-corrected chi connectivity index (χ2v) is 11.0. The zero-order chi connectivity index (χ0) is 28.5. The highest BCUT2D eigenvalue weighted by atomic mass is 32.2. The minimum atomic E-state index is -4.20. The molecule has 0 saturated carbocycles. The molecule has 0 spiro atoms. The minimum Gasteiger partial charge on any atom is -0.455 e. The molecule has 0 aliphatic carbocycles. The summed E-state index contributed by atoms with van der Waals surface area (Å²) in [5.41, 5.74) is -0.00939. The molecule has 3 aromatic carbocycles. The summed E-state index contributed by atoms with van der Waals surface area (Å²) in [5.74, 6) is -1.22. The van der Waals surface area contributed by atoms with E-state index in [4.69, 9.17) is 4.74 Å². The Labute approximate surface area is 231 Å². The monoisotopic (exact) mass is 572 g/mol. The van der Waals surface area contributed by atoms with Gasteiger partial charge in [-0.3, -0.25) is 14.3 Å². The lowest BCUT2D eigenvalue weighted by Crippen LogP contribution is -2.38. The number of amides is 2. The number of sulfonamides is 1. The number of anilines is 1. The molecule has 1 saturated heterocycles. The van der Waals surface area contributed by atoms with Crippen molar-refractivity contribution in [3.63, 3.8) is 0 Å². The Morgan fingerprint density at radius 1 is 0.900 bits per heavy atom. The predicted molar refractivity (Wildman–Crippen MR) is 146 cm³/mol. The van der Waals surface area contributed by atoms with Gasteiger partial charge in [0.05, 0.1) is 17.1 Å². The molecule has 12 heteroatoms. The number of piperidine rings is 1. The van der Waals surface area contributed by atoms with Crippen LogP contribution in [0.25, 0.3) is 0 Å². The van der Waals surface area contributed by atoms with Gasteiger partial charge in [-0.2, -0.15) is 0 Å². The van der Waals surface area contributed by atoms with E-state index in [1.54, 1.807) is 0 Å². The smallest absolute Gasteiger partial charge is 0.262 e. The van der Waals surface area contributed by atoms with Crippen LogP contribution in [0.3, 0.4) is 0 Å². The van der Waals surface area contributed by atoms with E-state index in [9.17, 15) is 26.8 Å². The van der Waals surface area contributed by atoms with Crippen molar-refractivity contribution < 1.29 is 31.5 Å². The van der Waals surface area contributed by atoms with Gasteiger partial charge in [-0.05, 0) is 98.9 Å². The number of hydrogen-bond acceptors (Lipinski definition) is 6. The SMILES string of the molecule is O=C(CNC(=O)c1ccc(S(=O)(=O)Nc2cc(F)ccc2Oc2ccc(F)cc2)cc1)NCCC1CCNCC1. The first-order valence-electron chi connectivity index (χ1n) is 12.8. The van der Waals surface area contributed by atoms with Gasteiger partial charge < -0.3 is 20.7 Å². The molecule has 4 rings (SSSR count). The van der Waals surface area contributed by atoms with Crippen molar-refractivity contribution in [2.45, 2.75) is 24.2 Å². The fourth-order valence-corrected chi connectivity index (χ4v) is 5.26. The van der Waals surface area contributed by atoms with Crippen molar-refractivity contribution in [3.8, 4) is 11.5 Å². The van der Waals surface area contributed by atoms with E-state index in [1.807, 2.05) is 0 Å². The molecular weight excluding hydrogens is 542 g/mol. The van der Waals surface area contributed by atoms with E-state index in [2.05, 4.69) is 20.7 Å². The van der Waals surface area contributed by atoms with Crippen LogP contribution in [0.5, 0.6) is 11.5 Å². The first-order valence-corrected chi connectivity index (χ1v) is 14.3. The second kappa shape index (κ2) is 13.4. The largest absolute Gasteiger partial charge is 0.455 e. The van der Waals surface area contributed by atoms with Crippen molar-refractivity contribution in [2.24, 2.45) is 5.92 Å². The van der Waals surface area contributed by atoms with Gasteiger partial charge in [0.15, 0.2) is 5.75 Å². The molecular formula is C28H30F2N4O5S. The minimum absolute atomic E-state index is 0.00149. The summed E-state index contributed by atoms with van der Waals surface area (Å²) in [6, 6.07) is 13.4. The highest BCUT2D eigenvalue weighted by Crippen LogP contribution is 2.32. The highest BCUT2D eigenvalue weighted by Gasteiger charge is 2.19. The van der Waals surface area contributed by atoms with Crippen LogP contribution in [0, 0.1) is 17.6 Å². The fraction of sp³-hybridized carbons (Fsp3) is 0.286. The molecule has 1 aliphatic heterocycles. The van der Waals surface area contributed by atoms with Gasteiger partial charge in [0, 0.05) is 18.2 Å². The lowest BCUT2D eigenvalue weighted by molar-refractivity contribution is -0.120. The topological polar surface area (TPSA) is 126 Å². The summed E-state index contributed by atoms with van der Waals surface area (Å²) >= 11 is 0. The summed E-state index contributed by atoms with van der Waals surface area (Å²) in [6.07, 6.45) is 3.06. The summed E-state index contributed by atoms with van der Waals surface area (Å²) in [4.78, 5) is 24.4. The molecule has 0 aromatic heterocycles. The van der Waals surface area contributed by atoms with Gasteiger partial charge in [-0.25, -0.2) is 17.2 Å². The molecule has 3 aromatic rings. The normalized spacial score (nSPS) is 13.8. The molecule has 2 amide bonds. The number of rotatable bonds is 11. The molecule has 1 aliphatic rings. The van der Waals surface area contributed by atoms with Crippen LogP contribution in [0.15, 0.2) is 71.6 Å². The zero-order valence-corrected chi connectivity index (χ0v) is 22.4. The van der Waals surface area contributed by atoms with Crippen LogP contribution in [0.4, 0.5) is 14.5 Å². The third kappa shape index (κ3) is 8.23. The third-order valence-corrected chi connectivity index (χ3v) is 7.78. The molecule has 0 atom stereocenters. The second-order valence-electron chi connectivity index (χ2n) is 9.34. The van der Waals surface area contributed by atoms with Crippen molar-refractivity contribution in [1.82, 2.24) is 16.0 Å². The highest BCUT2D eigenvalue weighted by molar-refractivity contribution is 7.92. The molecule has 4 N–H and O–H groups in total. The Kier molecular flexibility index (Phi) is 9.67. The van der Waals surface area contributed by atoms with E-state index >= 15 is 0 Å². The Morgan fingerprint density at radius 3 is 2.27 bits per heavy atom. The molecule has 40 heavy (non-hydrogen) atoms. The molecule has 212 valence electrons. The Balaban J connectivity index is 1.32. The van der Waals surface area contributed by atoms with Gasteiger partial charge in [-0.1, -0.05) is 0 Å². The van der Waals surface area contributed by atoms with Gasteiger partial charge in [0.1, 0.15) is 17.4 Å². The number of halogens is 2. The number of nitrogens with one attached hydrogen (secondary N) is 4. The van der Waals surface area contributed by atoms with Crippen molar-refractivity contribution in [3.05, 3.63) is 83.9 Å². The van der Waals surface area contributed by atoms with Gasteiger partial charge in [0.2, 0.25) is 5.91 Å². The molecule has 0 unspecified atom stereocenters. The summed E-state index contributed by atoms with van der Waals surface area (Å²) in [6.45, 7) is 2.31.